The minimum absolute atomic E-state index is 0.308. The third-order valence-electron chi connectivity index (χ3n) is 5.97. The number of benzene rings is 2. The van der Waals surface area contributed by atoms with Crippen LogP contribution < -0.4 is 9.64 Å². The maximum absolute atomic E-state index is 14.3. The summed E-state index contributed by atoms with van der Waals surface area (Å²) in [6, 6.07) is 11.1. The van der Waals surface area contributed by atoms with Gasteiger partial charge in [0.2, 0.25) is 0 Å². The van der Waals surface area contributed by atoms with E-state index in [1.807, 2.05) is 50.3 Å². The number of aliphatic hydroxyl groups is 1. The summed E-state index contributed by atoms with van der Waals surface area (Å²) in [6.45, 7) is 6.99. The molecule has 1 aliphatic rings. The molecule has 1 unspecified atom stereocenters. The molecule has 1 N–H and O–H groups in total. The molecule has 2 aromatic carbocycles. The molecule has 3 rings (SSSR count). The number of hydrogen-bond donors (Lipinski definition) is 1. The molecule has 1 aliphatic heterocycles. The van der Waals surface area contributed by atoms with Crippen molar-refractivity contribution in [3.63, 3.8) is 0 Å². The van der Waals surface area contributed by atoms with E-state index in [1.165, 1.54) is 7.11 Å². The highest BCUT2D eigenvalue weighted by molar-refractivity contribution is 5.71. The fourth-order valence-corrected chi connectivity index (χ4v) is 4.59. The first kappa shape index (κ1) is 23.2. The summed E-state index contributed by atoms with van der Waals surface area (Å²) in [5, 5.41) is 11.1. The predicted octanol–water partition coefficient (Wildman–Crippen LogP) is 5.81. The molecule has 0 aliphatic carbocycles. The van der Waals surface area contributed by atoms with Gasteiger partial charge in [0.1, 0.15) is 5.75 Å². The van der Waals surface area contributed by atoms with Gasteiger partial charge in [-0.1, -0.05) is 61.9 Å². The number of rotatable bonds is 6. The van der Waals surface area contributed by atoms with Crippen molar-refractivity contribution < 1.29 is 23.0 Å². The number of ether oxygens (including phenoxy) is 1. The monoisotopic (exact) mass is 433 g/mol. The van der Waals surface area contributed by atoms with E-state index in [0.717, 1.165) is 16.7 Å². The number of aryl methyl sites for hydroxylation is 2. The molecule has 6 heteroatoms. The van der Waals surface area contributed by atoms with E-state index >= 15 is 0 Å². The maximum Gasteiger partial charge on any atom is 0.418 e. The Hall–Kier alpha value is -2.47. The molecule has 0 spiro atoms. The minimum Gasteiger partial charge on any atom is -0.496 e. The zero-order chi connectivity index (χ0) is 23.0. The Balaban J connectivity index is 2.00. The molecule has 0 radical (unpaired) electrons. The van der Waals surface area contributed by atoms with Gasteiger partial charge in [-0.15, -0.1) is 0 Å². The van der Waals surface area contributed by atoms with Gasteiger partial charge in [-0.05, 0) is 42.9 Å². The van der Waals surface area contributed by atoms with Gasteiger partial charge >= 0.3 is 6.18 Å². The van der Waals surface area contributed by atoms with Crippen molar-refractivity contribution >= 4 is 11.8 Å². The van der Waals surface area contributed by atoms with Gasteiger partial charge in [0.05, 0.1) is 13.7 Å². The standard InChI is InChI=1S/C25H30F3NO2/c1-17-13-18(2)22(31-5)20(14-17)23(3,4)15-24(30,25(26,27)28)16-29-12-8-10-19-9-6-7-11-21(19)29/h6-11,13-14,30H,12,15-16H2,1-5H3. The second-order valence-corrected chi connectivity index (χ2v) is 9.09. The normalized spacial score (nSPS) is 16.1. The van der Waals surface area contributed by atoms with Gasteiger partial charge in [-0.25, -0.2) is 0 Å². The molecule has 0 saturated carbocycles. The number of hydrogen-bond acceptors (Lipinski definition) is 3. The molecule has 1 atom stereocenters. The molecule has 1 heterocycles. The highest BCUT2D eigenvalue weighted by atomic mass is 19.4. The lowest BCUT2D eigenvalue weighted by Gasteiger charge is -2.42. The van der Waals surface area contributed by atoms with E-state index < -0.39 is 30.2 Å². The van der Waals surface area contributed by atoms with Crippen LogP contribution in [-0.2, 0) is 5.41 Å². The predicted molar refractivity (Wildman–Crippen MR) is 119 cm³/mol. The van der Waals surface area contributed by atoms with Crippen molar-refractivity contribution in [1.82, 2.24) is 0 Å². The molecule has 0 bridgehead atoms. The van der Waals surface area contributed by atoms with Gasteiger partial charge in [-0.3, -0.25) is 0 Å². The molecular formula is C25H30F3NO2. The summed E-state index contributed by atoms with van der Waals surface area (Å²) in [5.41, 5.74) is 0.0926. The van der Waals surface area contributed by atoms with E-state index in [-0.39, 0.29) is 0 Å². The van der Waals surface area contributed by atoms with Crippen LogP contribution >= 0.6 is 0 Å². The van der Waals surface area contributed by atoms with Crippen molar-refractivity contribution in [2.45, 2.75) is 51.3 Å². The van der Waals surface area contributed by atoms with Gasteiger partial charge < -0.3 is 14.7 Å². The zero-order valence-corrected chi connectivity index (χ0v) is 18.7. The number of alkyl halides is 3. The van der Waals surface area contributed by atoms with Gasteiger partial charge in [0.15, 0.2) is 5.60 Å². The smallest absolute Gasteiger partial charge is 0.418 e. The average Bonchev–Trinajstić information content (AvgIpc) is 2.66. The van der Waals surface area contributed by atoms with Crippen LogP contribution in [0.15, 0.2) is 42.5 Å². The maximum atomic E-state index is 14.3. The van der Waals surface area contributed by atoms with Crippen LogP contribution in [0.2, 0.25) is 0 Å². The Kier molecular flexibility index (Phi) is 6.16. The van der Waals surface area contributed by atoms with Crippen LogP contribution in [-0.4, -0.2) is 37.1 Å². The number of nitrogens with zero attached hydrogens (tertiary/aromatic N) is 1. The van der Waals surface area contributed by atoms with Crippen molar-refractivity contribution in [2.75, 3.05) is 25.1 Å². The van der Waals surface area contributed by atoms with Crippen molar-refractivity contribution in [3.8, 4) is 5.75 Å². The molecule has 0 aromatic heterocycles. The first-order valence-corrected chi connectivity index (χ1v) is 10.3. The lowest BCUT2D eigenvalue weighted by Crippen LogP contribution is -2.56. The zero-order valence-electron chi connectivity index (χ0n) is 18.7. The molecule has 2 aromatic rings. The van der Waals surface area contributed by atoms with Crippen LogP contribution in [0.1, 0.15) is 42.5 Å². The molecule has 0 saturated heterocycles. The Morgan fingerprint density at radius 1 is 1.10 bits per heavy atom. The summed E-state index contributed by atoms with van der Waals surface area (Å²) < 4.78 is 48.4. The van der Waals surface area contributed by atoms with Gasteiger partial charge in [-0.2, -0.15) is 13.2 Å². The first-order chi connectivity index (χ1) is 14.4. The van der Waals surface area contributed by atoms with Crippen LogP contribution in [0.4, 0.5) is 18.9 Å². The fraction of sp³-hybridized carbons (Fsp3) is 0.440. The van der Waals surface area contributed by atoms with Crippen LogP contribution in [0.25, 0.3) is 6.08 Å². The molecule has 0 fully saturated rings. The van der Waals surface area contributed by atoms with Crippen LogP contribution in [0.3, 0.4) is 0 Å². The summed E-state index contributed by atoms with van der Waals surface area (Å²) >= 11 is 0. The molecule has 0 amide bonds. The average molecular weight is 434 g/mol. The Morgan fingerprint density at radius 3 is 2.42 bits per heavy atom. The Bertz CT molecular complexity index is 981. The minimum atomic E-state index is -4.80. The van der Waals surface area contributed by atoms with Crippen molar-refractivity contribution in [2.24, 2.45) is 0 Å². The first-order valence-electron chi connectivity index (χ1n) is 10.3. The summed E-state index contributed by atoms with van der Waals surface area (Å²) in [6.07, 6.45) is -1.59. The molecule has 168 valence electrons. The Morgan fingerprint density at radius 2 is 1.77 bits per heavy atom. The number of methoxy groups -OCH3 is 1. The number of fused-ring (bicyclic) bond motifs is 1. The SMILES string of the molecule is COc1c(C)cc(C)cc1C(C)(C)CC(O)(CN1CC=Cc2ccccc21)C(F)(F)F. The molecule has 31 heavy (non-hydrogen) atoms. The van der Waals surface area contributed by atoms with Gasteiger partial charge in [0.25, 0.3) is 0 Å². The van der Waals surface area contributed by atoms with E-state index in [4.69, 9.17) is 4.74 Å². The van der Waals surface area contributed by atoms with E-state index in [2.05, 4.69) is 0 Å². The van der Waals surface area contributed by atoms with Crippen LogP contribution in [0, 0.1) is 13.8 Å². The second kappa shape index (κ2) is 8.23. The summed E-state index contributed by atoms with van der Waals surface area (Å²) in [4.78, 5) is 1.59. The highest BCUT2D eigenvalue weighted by Gasteiger charge is 2.57. The van der Waals surface area contributed by atoms with Crippen molar-refractivity contribution in [1.29, 1.82) is 0 Å². The topological polar surface area (TPSA) is 32.7 Å². The largest absolute Gasteiger partial charge is 0.496 e. The fourth-order valence-electron chi connectivity index (χ4n) is 4.59. The summed E-state index contributed by atoms with van der Waals surface area (Å²) in [7, 11) is 1.52. The van der Waals surface area contributed by atoms with E-state index in [9.17, 15) is 18.3 Å². The molecule has 3 nitrogen and oxygen atoms in total. The second-order valence-electron chi connectivity index (χ2n) is 9.09. The number of halogens is 3. The van der Waals surface area contributed by atoms with E-state index in [1.54, 1.807) is 30.9 Å². The van der Waals surface area contributed by atoms with Crippen molar-refractivity contribution in [3.05, 3.63) is 64.7 Å². The lowest BCUT2D eigenvalue weighted by atomic mass is 9.73. The summed E-state index contributed by atoms with van der Waals surface area (Å²) in [5.74, 6) is 0.561. The quantitative estimate of drug-likeness (QED) is 0.624. The third-order valence-corrected chi connectivity index (χ3v) is 5.97. The lowest BCUT2D eigenvalue weighted by molar-refractivity contribution is -0.262. The Labute approximate surface area is 182 Å². The van der Waals surface area contributed by atoms with E-state index in [0.29, 0.717) is 23.5 Å². The third kappa shape index (κ3) is 4.59. The molecular weight excluding hydrogens is 403 g/mol. The van der Waals surface area contributed by atoms with Crippen LogP contribution in [0.5, 0.6) is 5.75 Å². The van der Waals surface area contributed by atoms with Gasteiger partial charge in [0, 0.05) is 17.8 Å². The number of β-amino-alcohol motifs (C(OH)–C–C–N with tert-alkyl or cyclic N) is 1. The number of para-hydroxylation sites is 1. The number of anilines is 1. The highest BCUT2D eigenvalue weighted by Crippen LogP contribution is 2.45.